The number of aryl methyl sites for hydroxylation is 1. The lowest BCUT2D eigenvalue weighted by atomic mass is 10.2. The summed E-state index contributed by atoms with van der Waals surface area (Å²) >= 11 is 5.91. The Morgan fingerprint density at radius 2 is 1.90 bits per heavy atom. The van der Waals surface area contributed by atoms with Gasteiger partial charge in [-0.3, -0.25) is 4.79 Å². The topological polar surface area (TPSA) is 73.1 Å². The highest BCUT2D eigenvalue weighted by Gasteiger charge is 2.09. The number of nitrogens with zero attached hydrogens (tertiary/aromatic N) is 1. The van der Waals surface area contributed by atoms with Crippen LogP contribution in [0.2, 0.25) is 5.02 Å². The van der Waals surface area contributed by atoms with Gasteiger partial charge in [-0.05, 0) is 67.4 Å². The molecule has 7 heteroatoms. The fourth-order valence-electron chi connectivity index (χ4n) is 2.51. The molecule has 3 rings (SSSR count). The van der Waals surface area contributed by atoms with Crippen LogP contribution in [0.5, 0.6) is 11.5 Å². The molecule has 0 aliphatic heterocycles. The maximum absolute atomic E-state index is 11.9. The Hall–Kier alpha value is -3.25. The molecule has 0 radical (unpaired) electrons. The monoisotopic (exact) mass is 412 g/mol. The van der Waals surface area contributed by atoms with Crippen LogP contribution in [0, 0.1) is 6.92 Å². The van der Waals surface area contributed by atoms with E-state index in [1.807, 2.05) is 37.3 Å². The van der Waals surface area contributed by atoms with E-state index in [9.17, 15) is 4.79 Å². The summed E-state index contributed by atoms with van der Waals surface area (Å²) in [6.45, 7) is 4.55. The molecule has 29 heavy (non-hydrogen) atoms. The summed E-state index contributed by atoms with van der Waals surface area (Å²) in [6.07, 6.45) is 1.53. The Balaban J connectivity index is 1.64. The van der Waals surface area contributed by atoms with Crippen molar-refractivity contribution in [3.05, 3.63) is 82.3 Å². The molecular formula is C22H21ClN2O4. The van der Waals surface area contributed by atoms with Gasteiger partial charge in [-0.25, -0.2) is 5.43 Å². The number of nitrogens with one attached hydrogen (secondary N) is 1. The third-order valence-corrected chi connectivity index (χ3v) is 4.17. The summed E-state index contributed by atoms with van der Waals surface area (Å²) in [5, 5.41) is 4.65. The van der Waals surface area contributed by atoms with Crippen molar-refractivity contribution in [1.82, 2.24) is 5.43 Å². The summed E-state index contributed by atoms with van der Waals surface area (Å²) in [7, 11) is 0. The molecule has 0 saturated carbocycles. The van der Waals surface area contributed by atoms with Gasteiger partial charge in [0.1, 0.15) is 12.4 Å². The fraction of sp³-hybridized carbons (Fsp3) is 0.182. The van der Waals surface area contributed by atoms with Crippen LogP contribution < -0.4 is 14.9 Å². The van der Waals surface area contributed by atoms with Gasteiger partial charge in [-0.2, -0.15) is 5.10 Å². The van der Waals surface area contributed by atoms with Gasteiger partial charge in [-0.15, -0.1) is 0 Å². The standard InChI is InChI=1S/C22H21ClN2O4/c1-3-27-21-12-17(13-24-25-22(26)20-10-4-15(2)29-20)7-11-19(21)28-14-16-5-8-18(23)9-6-16/h4-13H,3,14H2,1-2H3,(H,25,26)/b24-13-. The molecule has 1 heterocycles. The number of rotatable bonds is 8. The van der Waals surface area contributed by atoms with E-state index >= 15 is 0 Å². The molecule has 0 atom stereocenters. The zero-order valence-corrected chi connectivity index (χ0v) is 16.9. The van der Waals surface area contributed by atoms with Crippen LogP contribution >= 0.6 is 11.6 Å². The lowest BCUT2D eigenvalue weighted by Gasteiger charge is -2.12. The van der Waals surface area contributed by atoms with Crippen LogP contribution in [0.4, 0.5) is 0 Å². The first-order valence-electron chi connectivity index (χ1n) is 9.09. The van der Waals surface area contributed by atoms with Crippen molar-refractivity contribution in [2.45, 2.75) is 20.5 Å². The highest BCUT2D eigenvalue weighted by molar-refractivity contribution is 6.30. The number of hydrogen-bond donors (Lipinski definition) is 1. The van der Waals surface area contributed by atoms with Crippen molar-refractivity contribution in [3.8, 4) is 11.5 Å². The Morgan fingerprint density at radius 1 is 1.10 bits per heavy atom. The second-order valence-electron chi connectivity index (χ2n) is 6.16. The van der Waals surface area contributed by atoms with Crippen LogP contribution in [0.1, 0.15) is 34.4 Å². The number of ether oxygens (including phenoxy) is 2. The van der Waals surface area contributed by atoms with Gasteiger partial charge in [0, 0.05) is 5.02 Å². The lowest BCUT2D eigenvalue weighted by Crippen LogP contribution is -2.16. The molecule has 1 aromatic heterocycles. The van der Waals surface area contributed by atoms with Gasteiger partial charge in [0.25, 0.3) is 0 Å². The molecule has 0 saturated heterocycles. The molecule has 0 spiro atoms. The van der Waals surface area contributed by atoms with E-state index in [-0.39, 0.29) is 5.76 Å². The molecule has 0 aliphatic carbocycles. The number of amides is 1. The average molecular weight is 413 g/mol. The number of carbonyl (C=O) groups excluding carboxylic acids is 1. The SMILES string of the molecule is CCOc1cc(/C=N\NC(=O)c2ccc(C)o2)ccc1OCc1ccc(Cl)cc1. The van der Waals surface area contributed by atoms with Crippen LogP contribution in [0.3, 0.4) is 0 Å². The van der Waals surface area contributed by atoms with E-state index in [0.29, 0.717) is 35.5 Å². The van der Waals surface area contributed by atoms with E-state index in [1.165, 1.54) is 6.21 Å². The zero-order chi connectivity index (χ0) is 20.6. The van der Waals surface area contributed by atoms with Gasteiger partial charge in [0.15, 0.2) is 17.3 Å². The molecule has 0 aliphatic rings. The predicted molar refractivity (Wildman–Crippen MR) is 112 cm³/mol. The second kappa shape index (κ2) is 9.80. The van der Waals surface area contributed by atoms with E-state index in [2.05, 4.69) is 10.5 Å². The summed E-state index contributed by atoms with van der Waals surface area (Å²) in [4.78, 5) is 11.9. The van der Waals surface area contributed by atoms with Crippen molar-refractivity contribution in [3.63, 3.8) is 0 Å². The van der Waals surface area contributed by atoms with E-state index in [1.54, 1.807) is 31.2 Å². The number of benzene rings is 2. The van der Waals surface area contributed by atoms with Gasteiger partial charge in [0.2, 0.25) is 0 Å². The van der Waals surface area contributed by atoms with E-state index < -0.39 is 5.91 Å². The van der Waals surface area contributed by atoms with Crippen LogP contribution in [0.15, 0.2) is 64.1 Å². The minimum absolute atomic E-state index is 0.209. The Morgan fingerprint density at radius 3 is 2.59 bits per heavy atom. The van der Waals surface area contributed by atoms with Crippen molar-refractivity contribution < 1.29 is 18.7 Å². The molecular weight excluding hydrogens is 392 g/mol. The van der Waals surface area contributed by atoms with Gasteiger partial charge < -0.3 is 13.9 Å². The fourth-order valence-corrected chi connectivity index (χ4v) is 2.64. The predicted octanol–water partition coefficient (Wildman–Crippen LogP) is 4.98. The first-order valence-corrected chi connectivity index (χ1v) is 9.47. The number of halogens is 1. The van der Waals surface area contributed by atoms with Gasteiger partial charge in [0.05, 0.1) is 12.8 Å². The van der Waals surface area contributed by atoms with Crippen molar-refractivity contribution in [2.24, 2.45) is 5.10 Å². The molecule has 150 valence electrons. The van der Waals surface area contributed by atoms with Crippen molar-refractivity contribution >= 4 is 23.7 Å². The molecule has 6 nitrogen and oxygen atoms in total. The van der Waals surface area contributed by atoms with Crippen LogP contribution in [-0.4, -0.2) is 18.7 Å². The molecule has 0 bridgehead atoms. The van der Waals surface area contributed by atoms with Crippen molar-refractivity contribution in [1.29, 1.82) is 0 Å². The summed E-state index contributed by atoms with van der Waals surface area (Å²) < 4.78 is 16.8. The average Bonchev–Trinajstić information content (AvgIpc) is 3.15. The maximum atomic E-state index is 11.9. The largest absolute Gasteiger partial charge is 0.490 e. The highest BCUT2D eigenvalue weighted by atomic mass is 35.5. The number of carbonyl (C=O) groups is 1. The number of hydrogen-bond acceptors (Lipinski definition) is 5. The number of furan rings is 1. The van der Waals surface area contributed by atoms with E-state index in [0.717, 1.165) is 11.1 Å². The minimum atomic E-state index is -0.415. The maximum Gasteiger partial charge on any atom is 0.307 e. The van der Waals surface area contributed by atoms with Crippen LogP contribution in [-0.2, 0) is 6.61 Å². The lowest BCUT2D eigenvalue weighted by molar-refractivity contribution is 0.0926. The van der Waals surface area contributed by atoms with E-state index in [4.69, 9.17) is 25.5 Å². The highest BCUT2D eigenvalue weighted by Crippen LogP contribution is 2.29. The molecule has 1 amide bonds. The smallest absolute Gasteiger partial charge is 0.307 e. The Labute approximate surface area is 174 Å². The summed E-state index contributed by atoms with van der Waals surface area (Å²) in [5.41, 5.74) is 4.18. The normalized spacial score (nSPS) is 10.9. The summed E-state index contributed by atoms with van der Waals surface area (Å²) in [5.74, 6) is 1.67. The first-order chi connectivity index (χ1) is 14.0. The van der Waals surface area contributed by atoms with Crippen LogP contribution in [0.25, 0.3) is 0 Å². The molecule has 3 aromatic rings. The first kappa shape index (κ1) is 20.5. The Kier molecular flexibility index (Phi) is 6.92. The second-order valence-corrected chi connectivity index (χ2v) is 6.60. The number of hydrazone groups is 1. The van der Waals surface area contributed by atoms with Gasteiger partial charge in [-0.1, -0.05) is 23.7 Å². The zero-order valence-electron chi connectivity index (χ0n) is 16.1. The molecule has 1 N–H and O–H groups in total. The third kappa shape index (κ3) is 5.86. The minimum Gasteiger partial charge on any atom is -0.490 e. The van der Waals surface area contributed by atoms with Gasteiger partial charge >= 0.3 is 5.91 Å². The quantitative estimate of drug-likeness (QED) is 0.418. The molecule has 0 fully saturated rings. The Bertz CT molecular complexity index is 996. The summed E-state index contributed by atoms with van der Waals surface area (Å²) in [6, 6.07) is 16.2. The van der Waals surface area contributed by atoms with Crippen molar-refractivity contribution in [2.75, 3.05) is 6.61 Å². The third-order valence-electron chi connectivity index (χ3n) is 3.92. The molecule has 2 aromatic carbocycles. The molecule has 0 unspecified atom stereocenters.